The van der Waals surface area contributed by atoms with Crippen LogP contribution in [0.1, 0.15) is 44.9 Å². The van der Waals surface area contributed by atoms with E-state index in [1.807, 2.05) is 20.0 Å². The molecule has 0 saturated carbocycles. The van der Waals surface area contributed by atoms with Gasteiger partial charge in [0.2, 0.25) is 0 Å². The van der Waals surface area contributed by atoms with Gasteiger partial charge in [0.25, 0.3) is 0 Å². The van der Waals surface area contributed by atoms with E-state index < -0.39 is 0 Å². The number of H-pyrrole nitrogens is 1. The zero-order valence-electron chi connectivity index (χ0n) is 10.3. The fourth-order valence-corrected chi connectivity index (χ4v) is 1.44. The number of hydrogen-bond donors (Lipinski definition) is 1. The smallest absolute Gasteiger partial charge is 0.0881 e. The fraction of sp³-hybridized carbons (Fsp3) is 0.462. The Bertz CT molecular complexity index is 427. The summed E-state index contributed by atoms with van der Waals surface area (Å²) in [4.78, 5) is 7.73. The summed E-state index contributed by atoms with van der Waals surface area (Å²) in [7, 11) is 0. The van der Waals surface area contributed by atoms with E-state index in [4.69, 9.17) is 0 Å². The molecule has 2 nitrogen and oxygen atoms in total. The van der Waals surface area contributed by atoms with Crippen molar-refractivity contribution in [2.45, 2.75) is 40.5 Å². The highest BCUT2D eigenvalue weighted by Crippen LogP contribution is 2.19. The van der Waals surface area contributed by atoms with Gasteiger partial charge in [0.15, 0.2) is 0 Å². The van der Waals surface area contributed by atoms with E-state index in [0.717, 1.165) is 11.0 Å². The molecule has 1 N–H and O–H groups in total. The van der Waals surface area contributed by atoms with E-state index in [2.05, 4.69) is 42.9 Å². The van der Waals surface area contributed by atoms with Crippen molar-refractivity contribution in [2.24, 2.45) is 0 Å². The van der Waals surface area contributed by atoms with Crippen LogP contribution in [-0.4, -0.2) is 9.97 Å². The molecule has 0 aromatic carbocycles. The molecule has 0 spiro atoms. The van der Waals surface area contributed by atoms with Gasteiger partial charge < -0.3 is 4.98 Å². The summed E-state index contributed by atoms with van der Waals surface area (Å²) in [5.41, 5.74) is 4.66. The molecule has 2 aromatic heterocycles. The molecule has 0 radical (unpaired) electrons. The number of aromatic nitrogens is 2. The molecule has 0 aliphatic heterocycles. The molecule has 0 unspecified atom stereocenters. The minimum atomic E-state index is 0.537. The average molecular weight is 204 g/mol. The first-order chi connectivity index (χ1) is 7.16. The van der Waals surface area contributed by atoms with E-state index >= 15 is 0 Å². The number of fused-ring (bicyclic) bond motifs is 1. The average Bonchev–Trinajstić information content (AvgIpc) is 2.63. The molecular formula is C13H20N2. The summed E-state index contributed by atoms with van der Waals surface area (Å²) in [6, 6.07) is 4.26. The first-order valence-electron chi connectivity index (χ1n) is 5.62. The third-order valence-corrected chi connectivity index (χ3v) is 2.25. The molecule has 0 amide bonds. The minimum Gasteiger partial charge on any atom is -0.357 e. The second-order valence-electron chi connectivity index (χ2n) is 3.82. The van der Waals surface area contributed by atoms with Crippen molar-refractivity contribution in [3.05, 3.63) is 29.6 Å². The number of nitrogens with one attached hydrogen (secondary N) is 1. The monoisotopic (exact) mass is 204 g/mol. The van der Waals surface area contributed by atoms with E-state index in [1.54, 1.807) is 0 Å². The van der Waals surface area contributed by atoms with Gasteiger partial charge in [-0.2, -0.15) is 0 Å². The molecule has 82 valence electrons. The van der Waals surface area contributed by atoms with Crippen LogP contribution in [0.5, 0.6) is 0 Å². The summed E-state index contributed by atoms with van der Waals surface area (Å²) in [6.45, 7) is 10.4. The molecule has 0 bridgehead atoms. The predicted octanol–water partition coefficient (Wildman–Crippen LogP) is 4.02. The normalized spacial score (nSPS) is 10.3. The van der Waals surface area contributed by atoms with Crippen molar-refractivity contribution < 1.29 is 0 Å². The van der Waals surface area contributed by atoms with E-state index in [-0.39, 0.29) is 0 Å². The third kappa shape index (κ3) is 2.58. The Morgan fingerprint density at radius 1 is 1.20 bits per heavy atom. The lowest BCUT2D eigenvalue weighted by molar-refractivity contribution is 0.836. The Morgan fingerprint density at radius 2 is 1.87 bits per heavy atom. The molecule has 2 heteroatoms. The molecule has 2 aromatic rings. The van der Waals surface area contributed by atoms with Gasteiger partial charge in [0, 0.05) is 11.9 Å². The lowest BCUT2D eigenvalue weighted by atomic mass is 10.1. The molecule has 0 saturated heterocycles. The Balaban J connectivity index is 0.000000531. The largest absolute Gasteiger partial charge is 0.357 e. The zero-order chi connectivity index (χ0) is 11.4. The van der Waals surface area contributed by atoms with Gasteiger partial charge in [-0.15, -0.1) is 0 Å². The van der Waals surface area contributed by atoms with Gasteiger partial charge in [0.05, 0.1) is 11.0 Å². The van der Waals surface area contributed by atoms with Gasteiger partial charge in [-0.3, -0.25) is 4.98 Å². The number of nitrogens with zero attached hydrogens (tertiary/aromatic N) is 1. The highest BCUT2D eigenvalue weighted by atomic mass is 14.8. The summed E-state index contributed by atoms with van der Waals surface area (Å²) in [5.74, 6) is 0.537. The van der Waals surface area contributed by atoms with Gasteiger partial charge in [0.1, 0.15) is 0 Å². The van der Waals surface area contributed by atoms with Crippen molar-refractivity contribution in [1.29, 1.82) is 0 Å². The molecule has 0 aliphatic carbocycles. The quantitative estimate of drug-likeness (QED) is 0.746. The number of rotatable bonds is 1. The number of hydrogen-bond acceptors (Lipinski definition) is 1. The predicted molar refractivity (Wildman–Crippen MR) is 66.3 cm³/mol. The lowest BCUT2D eigenvalue weighted by Gasteiger charge is -1.97. The second-order valence-corrected chi connectivity index (χ2v) is 3.82. The van der Waals surface area contributed by atoms with Crippen molar-refractivity contribution in [3.63, 3.8) is 0 Å². The Hall–Kier alpha value is -1.31. The van der Waals surface area contributed by atoms with Crippen molar-refractivity contribution >= 4 is 11.0 Å². The van der Waals surface area contributed by atoms with Gasteiger partial charge in [-0.25, -0.2) is 0 Å². The van der Waals surface area contributed by atoms with Crippen molar-refractivity contribution in [1.82, 2.24) is 9.97 Å². The van der Waals surface area contributed by atoms with Crippen LogP contribution in [0.15, 0.2) is 18.3 Å². The summed E-state index contributed by atoms with van der Waals surface area (Å²) < 4.78 is 0. The fourth-order valence-electron chi connectivity index (χ4n) is 1.44. The van der Waals surface area contributed by atoms with Crippen LogP contribution in [0.3, 0.4) is 0 Å². The van der Waals surface area contributed by atoms with Gasteiger partial charge in [-0.1, -0.05) is 27.7 Å². The van der Waals surface area contributed by atoms with Crippen LogP contribution in [0.4, 0.5) is 0 Å². The van der Waals surface area contributed by atoms with Crippen LogP contribution in [0.25, 0.3) is 11.0 Å². The van der Waals surface area contributed by atoms with Crippen molar-refractivity contribution in [2.75, 3.05) is 0 Å². The minimum absolute atomic E-state index is 0.537. The summed E-state index contributed by atoms with van der Waals surface area (Å²) >= 11 is 0. The SMILES string of the molecule is CC.Cc1cnc2cc(C(C)C)[nH]c2c1. The Labute approximate surface area is 91.7 Å². The number of aryl methyl sites for hydroxylation is 1. The number of pyridine rings is 1. The van der Waals surface area contributed by atoms with Gasteiger partial charge in [-0.05, 0) is 30.5 Å². The molecule has 2 heterocycles. The first kappa shape index (κ1) is 11.8. The third-order valence-electron chi connectivity index (χ3n) is 2.25. The van der Waals surface area contributed by atoms with E-state index in [0.29, 0.717) is 5.92 Å². The maximum Gasteiger partial charge on any atom is 0.0881 e. The molecular weight excluding hydrogens is 184 g/mol. The Morgan fingerprint density at radius 3 is 2.47 bits per heavy atom. The standard InChI is InChI=1S/C11H14N2.C2H6/c1-7(2)9-5-10-11(13-9)4-8(3)6-12-10;1-2/h4-7,13H,1-3H3;1-2H3. The summed E-state index contributed by atoms with van der Waals surface area (Å²) in [5, 5.41) is 0. The maximum absolute atomic E-state index is 4.35. The van der Waals surface area contributed by atoms with Crippen molar-refractivity contribution in [3.8, 4) is 0 Å². The van der Waals surface area contributed by atoms with E-state index in [9.17, 15) is 0 Å². The summed E-state index contributed by atoms with van der Waals surface area (Å²) in [6.07, 6.45) is 1.90. The first-order valence-corrected chi connectivity index (χ1v) is 5.62. The topological polar surface area (TPSA) is 28.7 Å². The van der Waals surface area contributed by atoms with Crippen LogP contribution >= 0.6 is 0 Å². The molecule has 0 aliphatic rings. The van der Waals surface area contributed by atoms with Crippen LogP contribution < -0.4 is 0 Å². The van der Waals surface area contributed by atoms with Crippen LogP contribution in [0.2, 0.25) is 0 Å². The molecule has 2 rings (SSSR count). The lowest BCUT2D eigenvalue weighted by Crippen LogP contribution is -1.84. The molecule has 0 fully saturated rings. The van der Waals surface area contributed by atoms with E-state index in [1.165, 1.54) is 11.3 Å². The molecule has 0 atom stereocenters. The van der Waals surface area contributed by atoms with Gasteiger partial charge >= 0.3 is 0 Å². The highest BCUT2D eigenvalue weighted by molar-refractivity contribution is 5.76. The number of aromatic amines is 1. The molecule has 15 heavy (non-hydrogen) atoms. The Kier molecular flexibility index (Phi) is 3.89. The zero-order valence-corrected chi connectivity index (χ0v) is 10.3. The second kappa shape index (κ2) is 4.96. The highest BCUT2D eigenvalue weighted by Gasteiger charge is 2.04. The maximum atomic E-state index is 4.35. The van der Waals surface area contributed by atoms with Crippen LogP contribution in [0, 0.1) is 6.92 Å². The van der Waals surface area contributed by atoms with Crippen LogP contribution in [-0.2, 0) is 0 Å².